The van der Waals surface area contributed by atoms with Gasteiger partial charge in [-0.2, -0.15) is 0 Å². The number of rotatable bonds is 4. The van der Waals surface area contributed by atoms with Crippen LogP contribution < -0.4 is 0 Å². The molecule has 0 aromatic rings. The first-order valence-corrected chi connectivity index (χ1v) is 5.52. The van der Waals surface area contributed by atoms with E-state index in [1.807, 2.05) is 0 Å². The molecule has 0 amide bonds. The molecular formula is C11H18O4. The predicted octanol–water partition coefficient (Wildman–Crippen LogP) is 1.67. The van der Waals surface area contributed by atoms with Crippen LogP contribution in [0.5, 0.6) is 0 Å². The Morgan fingerprint density at radius 1 is 1.33 bits per heavy atom. The Kier molecular flexibility index (Phi) is 4.59. The quantitative estimate of drug-likeness (QED) is 0.527. The van der Waals surface area contributed by atoms with Gasteiger partial charge < -0.3 is 9.47 Å². The first-order valence-electron chi connectivity index (χ1n) is 5.52. The number of carbonyl (C=O) groups excluding carboxylic acids is 2. The molecule has 0 aromatic heterocycles. The maximum Gasteiger partial charge on any atom is 0.317 e. The van der Waals surface area contributed by atoms with Crippen LogP contribution in [0, 0.1) is 5.92 Å². The summed E-state index contributed by atoms with van der Waals surface area (Å²) in [5.41, 5.74) is 0. The second-order valence-corrected chi connectivity index (χ2v) is 3.85. The van der Waals surface area contributed by atoms with Crippen molar-refractivity contribution in [1.82, 2.24) is 0 Å². The normalized spacial score (nSPS) is 24.0. The van der Waals surface area contributed by atoms with E-state index in [-0.39, 0.29) is 19.1 Å². The number of esters is 2. The Hall–Kier alpha value is -1.06. The highest BCUT2D eigenvalue weighted by atomic mass is 16.6. The fraction of sp³-hybridized carbons (Fsp3) is 0.818. The van der Waals surface area contributed by atoms with Gasteiger partial charge in [-0.15, -0.1) is 0 Å². The summed E-state index contributed by atoms with van der Waals surface area (Å²) in [4.78, 5) is 22.2. The lowest BCUT2D eigenvalue weighted by molar-refractivity contribution is -0.150. The first-order chi connectivity index (χ1) is 7.17. The molecule has 1 aliphatic heterocycles. The standard InChI is InChI=1S/C11H18O4/c1-3-5-8(4-2)9-7-14-10(12)6-11(13)15-9/h8-9H,3-7H2,1-2H3. The van der Waals surface area contributed by atoms with Crippen LogP contribution >= 0.6 is 0 Å². The number of hydrogen-bond donors (Lipinski definition) is 0. The molecular weight excluding hydrogens is 196 g/mol. The minimum atomic E-state index is -0.478. The van der Waals surface area contributed by atoms with E-state index in [2.05, 4.69) is 13.8 Å². The van der Waals surface area contributed by atoms with Gasteiger partial charge in [0.1, 0.15) is 19.1 Å². The minimum absolute atomic E-state index is 0.211. The molecule has 2 unspecified atom stereocenters. The first kappa shape index (κ1) is 12.0. The van der Waals surface area contributed by atoms with Gasteiger partial charge in [-0.1, -0.05) is 20.3 Å². The fourth-order valence-electron chi connectivity index (χ4n) is 1.84. The molecule has 1 aliphatic rings. The van der Waals surface area contributed by atoms with Crippen molar-refractivity contribution in [3.8, 4) is 0 Å². The summed E-state index contributed by atoms with van der Waals surface area (Å²) in [6.45, 7) is 4.36. The van der Waals surface area contributed by atoms with Crippen LogP contribution in [-0.4, -0.2) is 24.6 Å². The minimum Gasteiger partial charge on any atom is -0.461 e. The van der Waals surface area contributed by atoms with E-state index < -0.39 is 11.9 Å². The Bertz CT molecular complexity index is 237. The number of ether oxygens (including phenoxy) is 2. The number of cyclic esters (lactones) is 2. The lowest BCUT2D eigenvalue weighted by Crippen LogP contribution is -2.28. The third-order valence-corrected chi connectivity index (χ3v) is 2.69. The van der Waals surface area contributed by atoms with Crippen molar-refractivity contribution in [3.63, 3.8) is 0 Å². The van der Waals surface area contributed by atoms with Crippen molar-refractivity contribution in [3.05, 3.63) is 0 Å². The summed E-state index contributed by atoms with van der Waals surface area (Å²) in [5, 5.41) is 0. The van der Waals surface area contributed by atoms with Crippen LogP contribution in [0.1, 0.15) is 39.5 Å². The Morgan fingerprint density at radius 3 is 2.67 bits per heavy atom. The van der Waals surface area contributed by atoms with Crippen LogP contribution in [0.15, 0.2) is 0 Å². The molecule has 0 aromatic carbocycles. The van der Waals surface area contributed by atoms with Crippen molar-refractivity contribution in [1.29, 1.82) is 0 Å². The van der Waals surface area contributed by atoms with E-state index in [1.165, 1.54) is 0 Å². The van der Waals surface area contributed by atoms with E-state index in [0.717, 1.165) is 19.3 Å². The van der Waals surface area contributed by atoms with Crippen molar-refractivity contribution >= 4 is 11.9 Å². The van der Waals surface area contributed by atoms with E-state index in [9.17, 15) is 9.59 Å². The summed E-state index contributed by atoms with van der Waals surface area (Å²) in [5.74, 6) is -0.643. The molecule has 0 radical (unpaired) electrons. The van der Waals surface area contributed by atoms with Crippen LogP contribution in [0.3, 0.4) is 0 Å². The molecule has 0 aliphatic carbocycles. The van der Waals surface area contributed by atoms with Gasteiger partial charge in [0.2, 0.25) is 0 Å². The number of carbonyl (C=O) groups is 2. The van der Waals surface area contributed by atoms with Gasteiger partial charge in [0.15, 0.2) is 0 Å². The van der Waals surface area contributed by atoms with Crippen LogP contribution in [0.2, 0.25) is 0 Å². The Balaban J connectivity index is 2.59. The summed E-state index contributed by atoms with van der Waals surface area (Å²) in [6.07, 6.45) is 2.46. The van der Waals surface area contributed by atoms with Crippen LogP contribution in [0.4, 0.5) is 0 Å². The zero-order valence-electron chi connectivity index (χ0n) is 9.32. The van der Waals surface area contributed by atoms with Gasteiger partial charge in [0.25, 0.3) is 0 Å². The second kappa shape index (κ2) is 5.73. The van der Waals surface area contributed by atoms with Crippen LogP contribution in [0.25, 0.3) is 0 Å². The predicted molar refractivity (Wildman–Crippen MR) is 54.1 cm³/mol. The van der Waals surface area contributed by atoms with Gasteiger partial charge in [0, 0.05) is 0 Å². The zero-order valence-corrected chi connectivity index (χ0v) is 9.32. The average molecular weight is 214 g/mol. The van der Waals surface area contributed by atoms with E-state index in [4.69, 9.17) is 9.47 Å². The van der Waals surface area contributed by atoms with Crippen molar-refractivity contribution < 1.29 is 19.1 Å². The van der Waals surface area contributed by atoms with Gasteiger partial charge in [-0.3, -0.25) is 9.59 Å². The third kappa shape index (κ3) is 3.53. The van der Waals surface area contributed by atoms with Gasteiger partial charge in [-0.05, 0) is 18.8 Å². The maximum atomic E-state index is 11.2. The Morgan fingerprint density at radius 2 is 2.07 bits per heavy atom. The molecule has 1 fully saturated rings. The molecule has 2 atom stereocenters. The van der Waals surface area contributed by atoms with Crippen LogP contribution in [-0.2, 0) is 19.1 Å². The van der Waals surface area contributed by atoms with Crippen molar-refractivity contribution in [2.24, 2.45) is 5.92 Å². The lowest BCUT2D eigenvalue weighted by Gasteiger charge is -2.23. The molecule has 1 heterocycles. The SMILES string of the molecule is CCCC(CC)C1COC(=O)CC(=O)O1. The molecule has 4 nitrogen and oxygen atoms in total. The lowest BCUT2D eigenvalue weighted by atomic mass is 9.95. The number of hydrogen-bond acceptors (Lipinski definition) is 4. The molecule has 0 spiro atoms. The topological polar surface area (TPSA) is 52.6 Å². The summed E-state index contributed by atoms with van der Waals surface area (Å²) < 4.78 is 10.1. The molecule has 86 valence electrons. The van der Waals surface area contributed by atoms with Gasteiger partial charge in [0.05, 0.1) is 0 Å². The molecule has 4 heteroatoms. The highest BCUT2D eigenvalue weighted by Gasteiger charge is 2.29. The van der Waals surface area contributed by atoms with Gasteiger partial charge >= 0.3 is 11.9 Å². The van der Waals surface area contributed by atoms with Gasteiger partial charge in [-0.25, -0.2) is 0 Å². The molecule has 0 bridgehead atoms. The fourth-order valence-corrected chi connectivity index (χ4v) is 1.84. The summed E-state index contributed by atoms with van der Waals surface area (Å²) in [7, 11) is 0. The Labute approximate surface area is 89.9 Å². The monoisotopic (exact) mass is 214 g/mol. The van der Waals surface area contributed by atoms with Crippen molar-refractivity contribution in [2.75, 3.05) is 6.61 Å². The third-order valence-electron chi connectivity index (χ3n) is 2.69. The van der Waals surface area contributed by atoms with Crippen molar-refractivity contribution in [2.45, 2.75) is 45.6 Å². The highest BCUT2D eigenvalue weighted by molar-refractivity contribution is 5.91. The zero-order chi connectivity index (χ0) is 11.3. The molecule has 0 saturated carbocycles. The molecule has 15 heavy (non-hydrogen) atoms. The molecule has 1 rings (SSSR count). The average Bonchev–Trinajstić information content (AvgIpc) is 2.36. The summed E-state index contributed by atoms with van der Waals surface area (Å²) >= 11 is 0. The molecule has 1 saturated heterocycles. The van der Waals surface area contributed by atoms with E-state index in [1.54, 1.807) is 0 Å². The smallest absolute Gasteiger partial charge is 0.317 e. The second-order valence-electron chi connectivity index (χ2n) is 3.85. The highest BCUT2D eigenvalue weighted by Crippen LogP contribution is 2.21. The largest absolute Gasteiger partial charge is 0.461 e. The van der Waals surface area contributed by atoms with E-state index >= 15 is 0 Å². The summed E-state index contributed by atoms with van der Waals surface area (Å²) in [6, 6.07) is 0. The molecule has 0 N–H and O–H groups in total. The van der Waals surface area contributed by atoms with E-state index in [0.29, 0.717) is 5.92 Å². The maximum absolute atomic E-state index is 11.2.